The van der Waals surface area contributed by atoms with Crippen LogP contribution in [-0.2, 0) is 22.4 Å². The Balaban J connectivity index is 1.92. The number of nitrogens with one attached hydrogen (secondary N) is 1. The molecule has 0 aliphatic carbocycles. The van der Waals surface area contributed by atoms with Crippen molar-refractivity contribution in [3.8, 4) is 0 Å². The van der Waals surface area contributed by atoms with Crippen molar-refractivity contribution in [1.82, 2.24) is 4.90 Å². The fourth-order valence-corrected chi connectivity index (χ4v) is 4.04. The van der Waals surface area contributed by atoms with Crippen LogP contribution in [0.25, 0.3) is 0 Å². The van der Waals surface area contributed by atoms with E-state index in [1.54, 1.807) is 11.9 Å². The summed E-state index contributed by atoms with van der Waals surface area (Å²) in [5.74, 6) is -0.167. The molecule has 2 atom stereocenters. The van der Waals surface area contributed by atoms with Gasteiger partial charge in [0, 0.05) is 19.2 Å². The summed E-state index contributed by atoms with van der Waals surface area (Å²) in [6.45, 7) is 4.20. The lowest BCUT2D eigenvalue weighted by Crippen LogP contribution is -2.44. The van der Waals surface area contributed by atoms with E-state index >= 15 is 0 Å². The smallest absolute Gasteiger partial charge is 0.229 e. The normalized spacial score (nSPS) is 19.8. The second kappa shape index (κ2) is 8.38. The first-order valence-corrected chi connectivity index (χ1v) is 9.79. The van der Waals surface area contributed by atoms with Gasteiger partial charge in [-0.2, -0.15) is 0 Å². The van der Waals surface area contributed by atoms with Gasteiger partial charge in [-0.3, -0.25) is 9.59 Å². The second-order valence-electron chi connectivity index (χ2n) is 7.15. The van der Waals surface area contributed by atoms with E-state index in [1.807, 2.05) is 36.4 Å². The molecule has 2 aromatic carbocycles. The van der Waals surface area contributed by atoms with E-state index in [0.717, 1.165) is 35.2 Å². The van der Waals surface area contributed by atoms with Crippen molar-refractivity contribution < 1.29 is 9.59 Å². The number of benzene rings is 2. The van der Waals surface area contributed by atoms with Crippen molar-refractivity contribution in [3.05, 3.63) is 65.2 Å². The van der Waals surface area contributed by atoms with Crippen molar-refractivity contribution in [1.29, 1.82) is 0 Å². The van der Waals surface area contributed by atoms with Crippen LogP contribution in [0, 0.1) is 5.92 Å². The van der Waals surface area contributed by atoms with E-state index in [1.165, 1.54) is 0 Å². The van der Waals surface area contributed by atoms with Crippen molar-refractivity contribution in [2.24, 2.45) is 5.92 Å². The van der Waals surface area contributed by atoms with Crippen LogP contribution in [0.1, 0.15) is 49.4 Å². The van der Waals surface area contributed by atoms with Gasteiger partial charge in [0.1, 0.15) is 0 Å². The van der Waals surface area contributed by atoms with Gasteiger partial charge in [-0.25, -0.2) is 0 Å². The third-order valence-electron chi connectivity index (χ3n) is 5.59. The lowest BCUT2D eigenvalue weighted by molar-refractivity contribution is -0.140. The zero-order chi connectivity index (χ0) is 19.4. The van der Waals surface area contributed by atoms with Gasteiger partial charge in [0.05, 0.1) is 12.0 Å². The van der Waals surface area contributed by atoms with Gasteiger partial charge < -0.3 is 10.2 Å². The van der Waals surface area contributed by atoms with Crippen LogP contribution in [0.4, 0.5) is 5.69 Å². The Labute approximate surface area is 161 Å². The summed E-state index contributed by atoms with van der Waals surface area (Å²) in [6.07, 6.45) is 2.72. The lowest BCUT2D eigenvalue weighted by Gasteiger charge is -2.38. The number of nitrogens with zero attached hydrogens (tertiary/aromatic N) is 1. The summed E-state index contributed by atoms with van der Waals surface area (Å²) in [5, 5.41) is 3.21. The molecule has 2 amide bonds. The molecule has 1 saturated heterocycles. The maximum atomic E-state index is 13.3. The number of carbonyl (C=O) groups is 2. The number of anilines is 1. The highest BCUT2D eigenvalue weighted by atomic mass is 16.2. The van der Waals surface area contributed by atoms with Gasteiger partial charge in [0.2, 0.25) is 11.8 Å². The Morgan fingerprint density at radius 1 is 1.04 bits per heavy atom. The van der Waals surface area contributed by atoms with Gasteiger partial charge in [0.25, 0.3) is 0 Å². The quantitative estimate of drug-likeness (QED) is 0.857. The van der Waals surface area contributed by atoms with Gasteiger partial charge in [-0.05, 0) is 36.0 Å². The molecule has 1 aliphatic rings. The molecule has 0 radical (unpaired) electrons. The third-order valence-corrected chi connectivity index (χ3v) is 5.59. The molecule has 4 nitrogen and oxygen atoms in total. The summed E-state index contributed by atoms with van der Waals surface area (Å²) < 4.78 is 0. The van der Waals surface area contributed by atoms with Gasteiger partial charge in [-0.1, -0.05) is 62.4 Å². The number of para-hydroxylation sites is 1. The van der Waals surface area contributed by atoms with Crippen LogP contribution in [0.2, 0.25) is 0 Å². The van der Waals surface area contributed by atoms with Crippen molar-refractivity contribution in [2.75, 3.05) is 12.4 Å². The standard InChI is InChI=1S/C23H28N2O2/c1-4-16-12-9-13-17(5-2)21(16)24-23(27)19-14-15-20(26)25(3)22(19)18-10-7-6-8-11-18/h6-13,19,22H,4-5,14-15H2,1-3H3,(H,24,27). The van der Waals surface area contributed by atoms with E-state index in [4.69, 9.17) is 0 Å². The Hall–Kier alpha value is -2.62. The molecule has 0 bridgehead atoms. The number of carbonyl (C=O) groups excluding carboxylic acids is 2. The predicted molar refractivity (Wildman–Crippen MR) is 109 cm³/mol. The number of hydrogen-bond acceptors (Lipinski definition) is 2. The minimum atomic E-state index is -0.260. The Bertz CT molecular complexity index is 794. The van der Waals surface area contributed by atoms with E-state index in [-0.39, 0.29) is 23.8 Å². The van der Waals surface area contributed by atoms with Crippen LogP contribution < -0.4 is 5.32 Å². The summed E-state index contributed by atoms with van der Waals surface area (Å²) in [5.41, 5.74) is 4.25. The average molecular weight is 364 g/mol. The molecular weight excluding hydrogens is 336 g/mol. The monoisotopic (exact) mass is 364 g/mol. The van der Waals surface area contributed by atoms with Crippen LogP contribution >= 0.6 is 0 Å². The van der Waals surface area contributed by atoms with Crippen LogP contribution in [0.3, 0.4) is 0 Å². The average Bonchev–Trinajstić information content (AvgIpc) is 2.70. The maximum absolute atomic E-state index is 13.3. The van der Waals surface area contributed by atoms with E-state index in [9.17, 15) is 9.59 Å². The number of aryl methyl sites for hydroxylation is 2. The first kappa shape index (κ1) is 19.2. The molecule has 0 saturated carbocycles. The molecule has 1 N–H and O–H groups in total. The number of hydrogen-bond donors (Lipinski definition) is 1. The summed E-state index contributed by atoms with van der Waals surface area (Å²) in [6, 6.07) is 15.8. The third kappa shape index (κ3) is 3.90. The molecule has 3 rings (SSSR count). The molecule has 2 aromatic rings. The lowest BCUT2D eigenvalue weighted by atomic mass is 9.83. The fraction of sp³-hybridized carbons (Fsp3) is 0.391. The Morgan fingerprint density at radius 3 is 2.26 bits per heavy atom. The minimum Gasteiger partial charge on any atom is -0.338 e. The zero-order valence-electron chi connectivity index (χ0n) is 16.4. The summed E-state index contributed by atoms with van der Waals surface area (Å²) in [4.78, 5) is 27.3. The molecule has 0 spiro atoms. The van der Waals surface area contributed by atoms with E-state index in [0.29, 0.717) is 12.8 Å². The largest absolute Gasteiger partial charge is 0.338 e. The SMILES string of the molecule is CCc1cccc(CC)c1NC(=O)C1CCC(=O)N(C)C1c1ccccc1. The first-order chi connectivity index (χ1) is 13.1. The zero-order valence-corrected chi connectivity index (χ0v) is 16.4. The fourth-order valence-electron chi connectivity index (χ4n) is 4.04. The highest BCUT2D eigenvalue weighted by Crippen LogP contribution is 2.37. The van der Waals surface area contributed by atoms with Gasteiger partial charge >= 0.3 is 0 Å². The van der Waals surface area contributed by atoms with E-state index < -0.39 is 0 Å². The molecule has 1 fully saturated rings. The Kier molecular flexibility index (Phi) is 5.94. The number of rotatable bonds is 5. The number of likely N-dealkylation sites (tertiary alicyclic amines) is 1. The van der Waals surface area contributed by atoms with E-state index in [2.05, 4.69) is 31.3 Å². The molecule has 2 unspecified atom stereocenters. The summed E-state index contributed by atoms with van der Waals surface area (Å²) in [7, 11) is 1.80. The number of piperidine rings is 1. The molecule has 4 heteroatoms. The molecule has 27 heavy (non-hydrogen) atoms. The van der Waals surface area contributed by atoms with Crippen molar-refractivity contribution in [3.63, 3.8) is 0 Å². The number of amides is 2. The van der Waals surface area contributed by atoms with Crippen LogP contribution in [0.5, 0.6) is 0 Å². The molecular formula is C23H28N2O2. The van der Waals surface area contributed by atoms with Gasteiger partial charge in [-0.15, -0.1) is 0 Å². The van der Waals surface area contributed by atoms with Crippen molar-refractivity contribution in [2.45, 2.75) is 45.6 Å². The van der Waals surface area contributed by atoms with Crippen molar-refractivity contribution >= 4 is 17.5 Å². The maximum Gasteiger partial charge on any atom is 0.229 e. The molecule has 1 heterocycles. The van der Waals surface area contributed by atoms with Crippen LogP contribution in [0.15, 0.2) is 48.5 Å². The minimum absolute atomic E-state index is 0.00111. The second-order valence-corrected chi connectivity index (χ2v) is 7.15. The van der Waals surface area contributed by atoms with Crippen LogP contribution in [-0.4, -0.2) is 23.8 Å². The Morgan fingerprint density at radius 2 is 1.67 bits per heavy atom. The topological polar surface area (TPSA) is 49.4 Å². The highest BCUT2D eigenvalue weighted by molar-refractivity contribution is 5.96. The highest BCUT2D eigenvalue weighted by Gasteiger charge is 2.39. The molecule has 142 valence electrons. The first-order valence-electron chi connectivity index (χ1n) is 9.79. The molecule has 1 aliphatic heterocycles. The van der Waals surface area contributed by atoms with Gasteiger partial charge in [0.15, 0.2) is 0 Å². The molecule has 0 aromatic heterocycles. The summed E-state index contributed by atoms with van der Waals surface area (Å²) >= 11 is 0. The predicted octanol–water partition coefficient (Wildman–Crippen LogP) is 4.36.